The maximum Gasteiger partial charge on any atom is 0.234 e. The predicted octanol–water partition coefficient (Wildman–Crippen LogP) is 1.73. The lowest BCUT2D eigenvalue weighted by Crippen LogP contribution is -2.20. The maximum atomic E-state index is 11.8. The first kappa shape index (κ1) is 13.8. The van der Waals surface area contributed by atoms with Gasteiger partial charge in [-0.05, 0) is 39.2 Å². The number of sulfonamides is 1. The van der Waals surface area contributed by atoms with Crippen LogP contribution in [0, 0.1) is 6.92 Å². The highest BCUT2D eigenvalue weighted by molar-refractivity contribution is 7.92. The van der Waals surface area contributed by atoms with E-state index in [9.17, 15) is 8.42 Å². The van der Waals surface area contributed by atoms with Gasteiger partial charge in [0.05, 0.1) is 5.75 Å². The minimum atomic E-state index is -3.24. The summed E-state index contributed by atoms with van der Waals surface area (Å²) in [5, 5.41) is 3.83. The molecule has 0 saturated heterocycles. The Balaban J connectivity index is 1.66. The third-order valence-electron chi connectivity index (χ3n) is 2.71. The Kier molecular flexibility index (Phi) is 4.58. The van der Waals surface area contributed by atoms with Gasteiger partial charge in [0.25, 0.3) is 0 Å². The van der Waals surface area contributed by atoms with E-state index in [1.807, 2.05) is 6.92 Å². The molecule has 0 unspecified atom stereocenters. The average Bonchev–Trinajstić information content (AvgIpc) is 3.02. The molecular formula is C11H19N3O2S2. The van der Waals surface area contributed by atoms with E-state index in [4.69, 9.17) is 0 Å². The van der Waals surface area contributed by atoms with Gasteiger partial charge in [0, 0.05) is 17.1 Å². The third-order valence-corrected chi connectivity index (χ3v) is 5.00. The van der Waals surface area contributed by atoms with E-state index in [1.54, 1.807) is 6.20 Å². The molecule has 2 N–H and O–H groups in total. The molecule has 0 bridgehead atoms. The van der Waals surface area contributed by atoms with E-state index < -0.39 is 10.0 Å². The van der Waals surface area contributed by atoms with Crippen molar-refractivity contribution in [3.8, 4) is 0 Å². The van der Waals surface area contributed by atoms with Crippen LogP contribution in [0.1, 0.15) is 30.6 Å². The van der Waals surface area contributed by atoms with Gasteiger partial charge < -0.3 is 5.32 Å². The number of hydrogen-bond donors (Lipinski definition) is 2. The fourth-order valence-corrected chi connectivity index (χ4v) is 3.67. The van der Waals surface area contributed by atoms with Crippen LogP contribution in [0.15, 0.2) is 6.20 Å². The van der Waals surface area contributed by atoms with E-state index in [0.717, 1.165) is 17.8 Å². The van der Waals surface area contributed by atoms with Gasteiger partial charge in [0.1, 0.15) is 0 Å². The number of hydrogen-bond acceptors (Lipinski definition) is 5. The first-order valence-corrected chi connectivity index (χ1v) is 8.68. The van der Waals surface area contributed by atoms with E-state index in [-0.39, 0.29) is 5.75 Å². The van der Waals surface area contributed by atoms with Gasteiger partial charge >= 0.3 is 0 Å². The van der Waals surface area contributed by atoms with Crippen LogP contribution >= 0.6 is 11.3 Å². The zero-order chi connectivity index (χ0) is 13.0. The Morgan fingerprint density at radius 2 is 2.22 bits per heavy atom. The van der Waals surface area contributed by atoms with Crippen molar-refractivity contribution in [1.82, 2.24) is 10.3 Å². The van der Waals surface area contributed by atoms with Crippen LogP contribution in [0.5, 0.6) is 0 Å². The van der Waals surface area contributed by atoms with E-state index in [2.05, 4.69) is 15.0 Å². The van der Waals surface area contributed by atoms with E-state index in [0.29, 0.717) is 17.6 Å². The minimum absolute atomic E-state index is 0.165. The monoisotopic (exact) mass is 289 g/mol. The van der Waals surface area contributed by atoms with Gasteiger partial charge in [0.2, 0.25) is 10.0 Å². The molecule has 0 radical (unpaired) electrons. The summed E-state index contributed by atoms with van der Waals surface area (Å²) >= 11 is 1.36. The second-order valence-corrected chi connectivity index (χ2v) is 7.71. The summed E-state index contributed by atoms with van der Waals surface area (Å²) in [4.78, 5) is 4.99. The largest absolute Gasteiger partial charge is 0.314 e. The number of nitrogens with zero attached hydrogens (tertiary/aromatic N) is 1. The van der Waals surface area contributed by atoms with Crippen LogP contribution in [0.2, 0.25) is 0 Å². The van der Waals surface area contributed by atoms with Crippen molar-refractivity contribution >= 4 is 26.5 Å². The van der Waals surface area contributed by atoms with Crippen molar-refractivity contribution in [2.24, 2.45) is 0 Å². The standard InChI is InChI=1S/C11H19N3O2S2/c1-9-8-13-11(17-9)14-18(15,16)7-3-2-6-12-10-4-5-10/h8,10,12H,2-7H2,1H3,(H,13,14). The second kappa shape index (κ2) is 5.99. The van der Waals surface area contributed by atoms with Gasteiger partial charge in [-0.15, -0.1) is 11.3 Å². The van der Waals surface area contributed by atoms with Crippen molar-refractivity contribution < 1.29 is 8.42 Å². The SMILES string of the molecule is Cc1cnc(NS(=O)(=O)CCCCNC2CC2)s1. The van der Waals surface area contributed by atoms with Gasteiger partial charge in [-0.25, -0.2) is 13.4 Å². The average molecular weight is 289 g/mol. The van der Waals surface area contributed by atoms with Crippen LogP contribution in [-0.2, 0) is 10.0 Å². The van der Waals surface area contributed by atoms with Gasteiger partial charge in [-0.2, -0.15) is 0 Å². The molecule has 2 rings (SSSR count). The Morgan fingerprint density at radius 1 is 1.44 bits per heavy atom. The first-order chi connectivity index (χ1) is 8.55. The molecule has 0 aliphatic heterocycles. The molecule has 7 heteroatoms. The zero-order valence-corrected chi connectivity index (χ0v) is 12.1. The summed E-state index contributed by atoms with van der Waals surface area (Å²) in [6.45, 7) is 2.82. The lowest BCUT2D eigenvalue weighted by molar-refractivity contribution is 0.591. The van der Waals surface area contributed by atoms with Gasteiger partial charge in [-0.1, -0.05) is 0 Å². The minimum Gasteiger partial charge on any atom is -0.314 e. The summed E-state index contributed by atoms with van der Waals surface area (Å²) in [5.74, 6) is 0.165. The Hall–Kier alpha value is -0.660. The summed E-state index contributed by atoms with van der Waals surface area (Å²) in [7, 11) is -3.24. The third kappa shape index (κ3) is 4.91. The number of aryl methyl sites for hydroxylation is 1. The predicted molar refractivity (Wildman–Crippen MR) is 74.5 cm³/mol. The van der Waals surface area contributed by atoms with Crippen molar-refractivity contribution in [2.45, 2.75) is 38.6 Å². The lowest BCUT2D eigenvalue weighted by atomic mass is 10.3. The highest BCUT2D eigenvalue weighted by Gasteiger charge is 2.19. The van der Waals surface area contributed by atoms with Crippen molar-refractivity contribution in [1.29, 1.82) is 0 Å². The summed E-state index contributed by atoms with van der Waals surface area (Å²) in [6.07, 6.45) is 5.78. The lowest BCUT2D eigenvalue weighted by Gasteiger charge is -2.05. The Bertz CT molecular complexity index is 480. The zero-order valence-electron chi connectivity index (χ0n) is 10.5. The van der Waals surface area contributed by atoms with Crippen molar-refractivity contribution in [3.05, 3.63) is 11.1 Å². The number of unbranched alkanes of at least 4 members (excludes halogenated alkanes) is 1. The molecule has 0 aromatic carbocycles. The molecule has 1 fully saturated rings. The van der Waals surface area contributed by atoms with E-state index >= 15 is 0 Å². The molecule has 0 amide bonds. The molecule has 1 aromatic heterocycles. The fraction of sp³-hybridized carbons (Fsp3) is 0.727. The number of anilines is 1. The number of nitrogens with one attached hydrogen (secondary N) is 2. The van der Waals surface area contributed by atoms with Crippen LogP contribution in [0.3, 0.4) is 0 Å². The van der Waals surface area contributed by atoms with Crippen molar-refractivity contribution in [2.75, 3.05) is 17.0 Å². The Labute approximate surface area is 112 Å². The molecule has 1 heterocycles. The molecule has 1 aliphatic rings. The normalized spacial score (nSPS) is 15.8. The fourth-order valence-electron chi connectivity index (χ4n) is 1.60. The summed E-state index contributed by atoms with van der Waals surface area (Å²) in [5.41, 5.74) is 0. The topological polar surface area (TPSA) is 71.1 Å². The molecule has 5 nitrogen and oxygen atoms in total. The highest BCUT2D eigenvalue weighted by Crippen LogP contribution is 2.19. The van der Waals surface area contributed by atoms with E-state index in [1.165, 1.54) is 24.2 Å². The maximum absolute atomic E-state index is 11.8. The van der Waals surface area contributed by atoms with Gasteiger partial charge in [0.15, 0.2) is 5.13 Å². The molecule has 1 aliphatic carbocycles. The molecule has 0 spiro atoms. The molecule has 1 saturated carbocycles. The van der Waals surface area contributed by atoms with Crippen LogP contribution in [0.4, 0.5) is 5.13 Å². The quantitative estimate of drug-likeness (QED) is 0.715. The summed E-state index contributed by atoms with van der Waals surface area (Å²) in [6, 6.07) is 0.693. The Morgan fingerprint density at radius 3 is 2.83 bits per heavy atom. The first-order valence-electron chi connectivity index (χ1n) is 6.21. The summed E-state index contributed by atoms with van der Waals surface area (Å²) < 4.78 is 26.0. The van der Waals surface area contributed by atoms with Crippen LogP contribution < -0.4 is 10.0 Å². The van der Waals surface area contributed by atoms with Crippen LogP contribution in [0.25, 0.3) is 0 Å². The number of thiazole rings is 1. The van der Waals surface area contributed by atoms with Crippen LogP contribution in [-0.4, -0.2) is 31.7 Å². The molecule has 102 valence electrons. The highest BCUT2D eigenvalue weighted by atomic mass is 32.2. The van der Waals surface area contributed by atoms with Crippen molar-refractivity contribution in [3.63, 3.8) is 0 Å². The smallest absolute Gasteiger partial charge is 0.234 e. The molecule has 18 heavy (non-hydrogen) atoms. The second-order valence-electron chi connectivity index (χ2n) is 4.63. The molecular weight excluding hydrogens is 270 g/mol. The van der Waals surface area contributed by atoms with Gasteiger partial charge in [-0.3, -0.25) is 4.72 Å². The number of rotatable bonds is 8. The molecule has 1 aromatic rings. The number of aromatic nitrogens is 1. The molecule has 0 atom stereocenters.